The highest BCUT2D eigenvalue weighted by molar-refractivity contribution is 5.92. The highest BCUT2D eigenvalue weighted by atomic mass is 16.5. The van der Waals surface area contributed by atoms with E-state index in [0.29, 0.717) is 11.6 Å². The van der Waals surface area contributed by atoms with E-state index in [4.69, 9.17) is 4.74 Å². The third-order valence-electron chi connectivity index (χ3n) is 1.81. The zero-order valence-electron chi connectivity index (χ0n) is 9.13. The van der Waals surface area contributed by atoms with E-state index in [9.17, 15) is 4.79 Å². The molecule has 0 aromatic carbocycles. The zero-order valence-corrected chi connectivity index (χ0v) is 9.13. The van der Waals surface area contributed by atoms with Crippen molar-refractivity contribution >= 4 is 11.7 Å². The minimum absolute atomic E-state index is 0.145. The van der Waals surface area contributed by atoms with Gasteiger partial charge in [-0.2, -0.15) is 0 Å². The molecule has 1 amide bonds. The monoisotopic (exact) mass is 209 g/mol. The molecule has 1 aromatic heterocycles. The van der Waals surface area contributed by atoms with Crippen LogP contribution in [-0.4, -0.2) is 31.6 Å². The topological polar surface area (TPSA) is 63.2 Å². The van der Waals surface area contributed by atoms with Crippen LogP contribution in [0.4, 0.5) is 5.82 Å². The number of hydrogen-bond acceptors (Lipinski definition) is 4. The lowest BCUT2D eigenvalue weighted by Crippen LogP contribution is -2.25. The van der Waals surface area contributed by atoms with Gasteiger partial charge in [0, 0.05) is 5.69 Å². The fraction of sp³-hybridized carbons (Fsp3) is 0.400. The number of ether oxygens (including phenoxy) is 1. The molecule has 1 heterocycles. The van der Waals surface area contributed by atoms with Gasteiger partial charge in [-0.3, -0.25) is 4.79 Å². The first kappa shape index (κ1) is 11.5. The molecule has 2 N–H and O–H groups in total. The van der Waals surface area contributed by atoms with Crippen molar-refractivity contribution < 1.29 is 9.53 Å². The maximum Gasteiger partial charge on any atom is 0.239 e. The standard InChI is InChI=1S/C10H15N3O2/c1-7-4-5-8(15-3)10(12-7)13-9(14)6-11-2/h4-5,11H,6H2,1-3H3,(H,12,13,14). The van der Waals surface area contributed by atoms with Gasteiger partial charge in [-0.05, 0) is 26.1 Å². The molecule has 15 heavy (non-hydrogen) atoms. The first-order valence-corrected chi connectivity index (χ1v) is 4.63. The van der Waals surface area contributed by atoms with E-state index < -0.39 is 0 Å². The van der Waals surface area contributed by atoms with E-state index in [1.54, 1.807) is 20.2 Å². The average Bonchev–Trinajstić information content (AvgIpc) is 2.18. The molecule has 0 aliphatic rings. The van der Waals surface area contributed by atoms with Gasteiger partial charge in [-0.25, -0.2) is 4.98 Å². The highest BCUT2D eigenvalue weighted by Crippen LogP contribution is 2.21. The van der Waals surface area contributed by atoms with E-state index in [1.807, 2.05) is 13.0 Å². The van der Waals surface area contributed by atoms with Gasteiger partial charge in [0.05, 0.1) is 13.7 Å². The molecule has 1 rings (SSSR count). The fourth-order valence-electron chi connectivity index (χ4n) is 1.14. The lowest BCUT2D eigenvalue weighted by molar-refractivity contribution is -0.115. The van der Waals surface area contributed by atoms with Crippen LogP contribution in [0.1, 0.15) is 5.69 Å². The lowest BCUT2D eigenvalue weighted by atomic mass is 10.3. The summed E-state index contributed by atoms with van der Waals surface area (Å²) in [5.74, 6) is 0.872. The second-order valence-electron chi connectivity index (χ2n) is 3.08. The number of nitrogens with one attached hydrogen (secondary N) is 2. The number of pyridine rings is 1. The Morgan fingerprint density at radius 1 is 1.53 bits per heavy atom. The second-order valence-corrected chi connectivity index (χ2v) is 3.08. The van der Waals surface area contributed by atoms with E-state index in [1.165, 1.54) is 0 Å². The van der Waals surface area contributed by atoms with Crippen molar-refractivity contribution in [2.75, 3.05) is 26.0 Å². The molecule has 0 atom stereocenters. The number of methoxy groups -OCH3 is 1. The van der Waals surface area contributed by atoms with Crippen LogP contribution >= 0.6 is 0 Å². The quantitative estimate of drug-likeness (QED) is 0.760. The number of anilines is 1. The molecule has 0 saturated carbocycles. The first-order valence-electron chi connectivity index (χ1n) is 4.63. The average molecular weight is 209 g/mol. The van der Waals surface area contributed by atoms with Crippen LogP contribution in [0.3, 0.4) is 0 Å². The van der Waals surface area contributed by atoms with Gasteiger partial charge >= 0.3 is 0 Å². The van der Waals surface area contributed by atoms with E-state index in [-0.39, 0.29) is 12.5 Å². The number of rotatable bonds is 4. The van der Waals surface area contributed by atoms with Crippen molar-refractivity contribution in [3.05, 3.63) is 17.8 Å². The van der Waals surface area contributed by atoms with Gasteiger partial charge in [-0.15, -0.1) is 0 Å². The van der Waals surface area contributed by atoms with Gasteiger partial charge in [0.15, 0.2) is 11.6 Å². The van der Waals surface area contributed by atoms with Crippen LogP contribution in [0.2, 0.25) is 0 Å². The summed E-state index contributed by atoms with van der Waals surface area (Å²) < 4.78 is 5.08. The molecular weight excluding hydrogens is 194 g/mol. The normalized spacial score (nSPS) is 9.80. The molecule has 0 radical (unpaired) electrons. The summed E-state index contributed by atoms with van der Waals surface area (Å²) in [6.07, 6.45) is 0. The predicted octanol–water partition coefficient (Wildman–Crippen LogP) is 0.557. The van der Waals surface area contributed by atoms with Crippen molar-refractivity contribution in [3.63, 3.8) is 0 Å². The van der Waals surface area contributed by atoms with E-state index in [2.05, 4.69) is 15.6 Å². The Hall–Kier alpha value is -1.62. The molecule has 5 nitrogen and oxygen atoms in total. The third kappa shape index (κ3) is 3.21. The summed E-state index contributed by atoms with van der Waals surface area (Å²) in [5.41, 5.74) is 0.829. The maximum atomic E-state index is 11.3. The number of amides is 1. The van der Waals surface area contributed by atoms with Crippen LogP contribution in [0.15, 0.2) is 12.1 Å². The summed E-state index contributed by atoms with van der Waals surface area (Å²) >= 11 is 0. The summed E-state index contributed by atoms with van der Waals surface area (Å²) in [7, 11) is 3.25. The molecule has 0 fully saturated rings. The molecule has 5 heteroatoms. The molecule has 1 aromatic rings. The molecule has 82 valence electrons. The fourth-order valence-corrected chi connectivity index (χ4v) is 1.14. The Kier molecular flexibility index (Phi) is 4.05. The van der Waals surface area contributed by atoms with Gasteiger partial charge in [-0.1, -0.05) is 0 Å². The highest BCUT2D eigenvalue weighted by Gasteiger charge is 2.07. The van der Waals surface area contributed by atoms with Crippen LogP contribution < -0.4 is 15.4 Å². The Labute approximate surface area is 88.9 Å². The smallest absolute Gasteiger partial charge is 0.239 e. The zero-order chi connectivity index (χ0) is 11.3. The largest absolute Gasteiger partial charge is 0.493 e. The van der Waals surface area contributed by atoms with Gasteiger partial charge in [0.2, 0.25) is 5.91 Å². The van der Waals surface area contributed by atoms with Gasteiger partial charge in [0.25, 0.3) is 0 Å². The number of hydrogen-bond donors (Lipinski definition) is 2. The number of likely N-dealkylation sites (N-methyl/N-ethyl adjacent to an activating group) is 1. The molecule has 0 spiro atoms. The van der Waals surface area contributed by atoms with Crippen LogP contribution in [0.5, 0.6) is 5.75 Å². The second kappa shape index (κ2) is 5.31. The van der Waals surface area contributed by atoms with Gasteiger partial charge < -0.3 is 15.4 Å². The minimum Gasteiger partial charge on any atom is -0.493 e. The number of nitrogens with zero attached hydrogens (tertiary/aromatic N) is 1. The Bertz CT molecular complexity index is 353. The van der Waals surface area contributed by atoms with Crippen molar-refractivity contribution in [2.45, 2.75) is 6.92 Å². The Morgan fingerprint density at radius 3 is 2.87 bits per heavy atom. The Morgan fingerprint density at radius 2 is 2.27 bits per heavy atom. The van der Waals surface area contributed by atoms with Crippen molar-refractivity contribution in [1.29, 1.82) is 0 Å². The van der Waals surface area contributed by atoms with Gasteiger partial charge in [0.1, 0.15) is 0 Å². The molecule has 0 unspecified atom stereocenters. The molecular formula is C10H15N3O2. The van der Waals surface area contributed by atoms with Crippen molar-refractivity contribution in [1.82, 2.24) is 10.3 Å². The summed E-state index contributed by atoms with van der Waals surface area (Å²) in [6, 6.07) is 3.60. The minimum atomic E-state index is -0.145. The van der Waals surface area contributed by atoms with E-state index >= 15 is 0 Å². The first-order chi connectivity index (χ1) is 7.17. The summed E-state index contributed by atoms with van der Waals surface area (Å²) in [6.45, 7) is 2.10. The molecule has 0 aliphatic heterocycles. The van der Waals surface area contributed by atoms with Crippen LogP contribution in [0, 0.1) is 6.92 Å². The van der Waals surface area contributed by atoms with Crippen molar-refractivity contribution in [2.24, 2.45) is 0 Å². The van der Waals surface area contributed by atoms with Crippen LogP contribution in [-0.2, 0) is 4.79 Å². The molecule has 0 aliphatic carbocycles. The summed E-state index contributed by atoms with van der Waals surface area (Å²) in [4.78, 5) is 15.5. The molecule has 0 saturated heterocycles. The SMILES string of the molecule is CNCC(=O)Nc1nc(C)ccc1OC. The third-order valence-corrected chi connectivity index (χ3v) is 1.81. The number of carbonyl (C=O) groups is 1. The number of aryl methyl sites for hydroxylation is 1. The van der Waals surface area contributed by atoms with E-state index in [0.717, 1.165) is 5.69 Å². The lowest BCUT2D eigenvalue weighted by Gasteiger charge is -2.09. The maximum absolute atomic E-state index is 11.3. The Balaban J connectivity index is 2.82. The number of carbonyl (C=O) groups excluding carboxylic acids is 1. The number of aromatic nitrogens is 1. The van der Waals surface area contributed by atoms with Crippen molar-refractivity contribution in [3.8, 4) is 5.75 Å². The summed E-state index contributed by atoms with van der Waals surface area (Å²) in [5, 5.41) is 5.42. The predicted molar refractivity (Wildman–Crippen MR) is 58.1 cm³/mol. The van der Waals surface area contributed by atoms with Crippen LogP contribution in [0.25, 0.3) is 0 Å². The molecule has 0 bridgehead atoms.